The Kier molecular flexibility index (Phi) is 25.8. The van der Waals surface area contributed by atoms with E-state index in [4.69, 9.17) is 27.1 Å². The number of fused-ring (bicyclic) bond motifs is 1. The van der Waals surface area contributed by atoms with Crippen LogP contribution < -0.4 is 14.2 Å². The zero-order chi connectivity index (χ0) is 54.7. The first-order valence-corrected chi connectivity index (χ1v) is 23.9. The van der Waals surface area contributed by atoms with Gasteiger partial charge in [0, 0.05) is 148 Å². The van der Waals surface area contributed by atoms with Crippen LogP contribution in [0.1, 0.15) is 75.3 Å². The molecule has 2 aliphatic carbocycles. The topological polar surface area (TPSA) is 47.9 Å². The summed E-state index contributed by atoms with van der Waals surface area (Å²) < 4.78 is 17.7. The Balaban J connectivity index is 1.24. The molecule has 2 fully saturated rings. The van der Waals surface area contributed by atoms with Crippen molar-refractivity contribution in [1.82, 2.24) is 0 Å². The Morgan fingerprint density at radius 2 is 0.679 bits per heavy atom. The van der Waals surface area contributed by atoms with Gasteiger partial charge in [-0.15, -0.1) is 12.8 Å². The van der Waals surface area contributed by atoms with Crippen LogP contribution in [0.2, 0.25) is 0 Å². The number of hydrogen-bond acceptors (Lipinski definition) is 4. The van der Waals surface area contributed by atoms with Crippen LogP contribution in [0.25, 0.3) is 10.8 Å². The van der Waals surface area contributed by atoms with Crippen molar-refractivity contribution in [3.63, 3.8) is 0 Å². The molecule has 3 aromatic rings. The lowest BCUT2D eigenvalue weighted by molar-refractivity contribution is -0.0988. The van der Waals surface area contributed by atoms with Gasteiger partial charge in [-0.05, 0) is 184 Å². The molecule has 0 spiro atoms. The fraction of sp³-hybridized carbons (Fsp3) is 0.189. The van der Waals surface area contributed by atoms with Crippen molar-refractivity contribution >= 4 is 10.8 Å². The molecule has 0 aliphatic heterocycles. The van der Waals surface area contributed by atoms with Crippen LogP contribution in [0, 0.1) is 274 Å². The standard InChI is InChI=1S/C74H36O4/c1-3-5-7-9-11-13-15-17-19-21-23-25-27-29-31-33-35-37-39-47-57-76-72-59-65(60-73(63-72)77-58-48-40-38-36-34-32-30-28-26-24-22-20-18-16-14-12-10-8-6-4-2)64-78-71-56-54-66-61-70(55-53-67(66)62-71)74(75,68-49-43-41-44-50-68)69-51-45-42-46-52-69/h1-2,53-56,59-63,68-69,75H,41-46,49-52,64H2. The van der Waals surface area contributed by atoms with E-state index in [0.717, 1.165) is 42.0 Å². The summed E-state index contributed by atoms with van der Waals surface area (Å²) in [5, 5.41) is 14.7. The molecule has 3 aromatic carbocycles. The van der Waals surface area contributed by atoms with Crippen molar-refractivity contribution in [1.29, 1.82) is 0 Å². The van der Waals surface area contributed by atoms with Crippen molar-refractivity contribution in [2.45, 2.75) is 76.4 Å². The lowest BCUT2D eigenvalue weighted by Crippen LogP contribution is -2.44. The molecule has 0 aromatic heterocycles. The SMILES string of the molecule is C#CC#CC#CC#CC#CC#CC#CC#CC#CC#CC#COc1cc(COc2ccc3cc(C(O)(C4CCCCC4)C4CCCCC4)ccc3c2)cc(OC#CC#CC#CC#CC#CC#CC#CC#CC#CC#CC#C)c1. The number of hydrogen-bond donors (Lipinski definition) is 1. The van der Waals surface area contributed by atoms with Crippen LogP contribution in [0.3, 0.4) is 0 Å². The van der Waals surface area contributed by atoms with Crippen molar-refractivity contribution in [3.8, 4) is 279 Å². The molecule has 0 bridgehead atoms. The summed E-state index contributed by atoms with van der Waals surface area (Å²) in [7, 11) is 0. The summed E-state index contributed by atoms with van der Waals surface area (Å²) >= 11 is 0. The molecule has 356 valence electrons. The first-order chi connectivity index (χ1) is 38.6. The highest BCUT2D eigenvalue weighted by molar-refractivity contribution is 5.85. The van der Waals surface area contributed by atoms with E-state index in [0.29, 0.717) is 22.8 Å². The van der Waals surface area contributed by atoms with E-state index in [1.54, 1.807) is 18.2 Å². The molecule has 0 amide bonds. The number of benzene rings is 3. The summed E-state index contributed by atoms with van der Waals surface area (Å²) in [6.07, 6.45) is 26.6. The highest BCUT2D eigenvalue weighted by Gasteiger charge is 2.45. The second-order valence-electron chi connectivity index (χ2n) is 15.8. The smallest absolute Gasteiger partial charge is 0.144 e. The maximum atomic E-state index is 12.6. The summed E-state index contributed by atoms with van der Waals surface area (Å²) in [5.74, 6) is 102. The monoisotopic (exact) mass is 988 g/mol. The minimum Gasteiger partial charge on any atom is -0.489 e. The molecule has 4 nitrogen and oxygen atoms in total. The van der Waals surface area contributed by atoms with Gasteiger partial charge >= 0.3 is 0 Å². The molecule has 2 saturated carbocycles. The predicted octanol–water partition coefficient (Wildman–Crippen LogP) is 7.77. The van der Waals surface area contributed by atoms with E-state index in [-0.39, 0.29) is 18.4 Å². The lowest BCUT2D eigenvalue weighted by Gasteiger charge is -2.46. The van der Waals surface area contributed by atoms with Crippen LogP contribution in [0.4, 0.5) is 0 Å². The van der Waals surface area contributed by atoms with Gasteiger partial charge in [0.15, 0.2) is 0 Å². The van der Waals surface area contributed by atoms with Gasteiger partial charge < -0.3 is 19.3 Å². The van der Waals surface area contributed by atoms with Gasteiger partial charge in [-0.25, -0.2) is 0 Å². The normalized spacial score (nSPS) is 10.3. The van der Waals surface area contributed by atoms with Crippen LogP contribution in [-0.2, 0) is 12.2 Å². The summed E-state index contributed by atoms with van der Waals surface area (Å²) in [6.45, 7) is 0.165. The van der Waals surface area contributed by atoms with Gasteiger partial charge in [0.2, 0.25) is 0 Å². The predicted molar refractivity (Wildman–Crippen MR) is 306 cm³/mol. The highest BCUT2D eigenvalue weighted by atomic mass is 16.5. The quantitative estimate of drug-likeness (QED) is 0.235. The molecule has 4 heteroatoms. The molecular weight excluding hydrogens is 953 g/mol. The second-order valence-corrected chi connectivity index (χ2v) is 15.8. The Labute approximate surface area is 460 Å². The molecule has 0 radical (unpaired) electrons. The fourth-order valence-electron chi connectivity index (χ4n) is 7.81. The molecule has 78 heavy (non-hydrogen) atoms. The van der Waals surface area contributed by atoms with Crippen LogP contribution in [0.15, 0.2) is 54.6 Å². The van der Waals surface area contributed by atoms with Crippen molar-refractivity contribution < 1.29 is 19.3 Å². The minimum absolute atomic E-state index is 0.165. The molecule has 0 atom stereocenters. The van der Waals surface area contributed by atoms with Crippen molar-refractivity contribution in [2.24, 2.45) is 11.8 Å². The average molecular weight is 989 g/mol. The Morgan fingerprint density at radius 1 is 0.359 bits per heavy atom. The number of aliphatic hydroxyl groups is 1. The average Bonchev–Trinajstić information content (AvgIpc) is 3.49. The van der Waals surface area contributed by atoms with E-state index in [1.165, 1.54) is 38.5 Å². The minimum atomic E-state index is -0.822. The summed E-state index contributed by atoms with van der Waals surface area (Å²) in [4.78, 5) is 0. The third-order valence-electron chi connectivity index (χ3n) is 10.9. The molecule has 5 rings (SSSR count). The highest BCUT2D eigenvalue weighted by Crippen LogP contribution is 2.49. The third-order valence-corrected chi connectivity index (χ3v) is 10.9. The van der Waals surface area contributed by atoms with E-state index in [2.05, 4.69) is 273 Å². The van der Waals surface area contributed by atoms with Crippen LogP contribution in [-0.4, -0.2) is 5.11 Å². The summed E-state index contributed by atoms with van der Waals surface area (Å²) in [5.41, 5.74) is 0.919. The largest absolute Gasteiger partial charge is 0.489 e. The first-order valence-electron chi connectivity index (χ1n) is 23.9. The molecule has 0 unspecified atom stereocenters. The van der Waals surface area contributed by atoms with E-state index in [9.17, 15) is 5.11 Å². The number of terminal acetylenes is 2. The second kappa shape index (κ2) is 35.7. The molecule has 2 aliphatic rings. The van der Waals surface area contributed by atoms with Gasteiger partial charge in [-0.1, -0.05) is 56.7 Å². The van der Waals surface area contributed by atoms with Gasteiger partial charge in [0.05, 0.1) is 5.60 Å². The summed E-state index contributed by atoms with van der Waals surface area (Å²) in [6, 6.07) is 17.6. The Hall–Kier alpha value is -12.4. The molecule has 0 heterocycles. The number of ether oxygens (including phenoxy) is 3. The Morgan fingerprint density at radius 3 is 1.04 bits per heavy atom. The fourth-order valence-corrected chi connectivity index (χ4v) is 7.81. The van der Waals surface area contributed by atoms with Gasteiger partial charge in [0.1, 0.15) is 36.1 Å². The van der Waals surface area contributed by atoms with Crippen LogP contribution >= 0.6 is 0 Å². The zero-order valence-corrected chi connectivity index (χ0v) is 42.0. The van der Waals surface area contributed by atoms with Crippen molar-refractivity contribution in [3.05, 3.63) is 65.7 Å². The third kappa shape index (κ3) is 21.9. The lowest BCUT2D eigenvalue weighted by atomic mass is 9.63. The van der Waals surface area contributed by atoms with Gasteiger partial charge in [0.25, 0.3) is 0 Å². The molecule has 1 N–H and O–H groups in total. The maximum absolute atomic E-state index is 12.6. The van der Waals surface area contributed by atoms with Crippen LogP contribution in [0.5, 0.6) is 17.2 Å². The molecular formula is C74H36O4. The van der Waals surface area contributed by atoms with E-state index in [1.807, 2.05) is 12.1 Å². The van der Waals surface area contributed by atoms with Gasteiger partial charge in [-0.2, -0.15) is 0 Å². The first kappa shape index (κ1) is 56.5. The van der Waals surface area contributed by atoms with E-state index >= 15 is 0 Å². The van der Waals surface area contributed by atoms with Gasteiger partial charge in [-0.3, -0.25) is 0 Å². The number of rotatable bonds is 8. The Bertz CT molecular complexity index is 4060. The van der Waals surface area contributed by atoms with Crippen molar-refractivity contribution in [2.75, 3.05) is 0 Å². The maximum Gasteiger partial charge on any atom is 0.144 e. The molecule has 0 saturated heterocycles. The van der Waals surface area contributed by atoms with E-state index < -0.39 is 5.60 Å². The zero-order valence-electron chi connectivity index (χ0n) is 42.0.